The normalized spacial score (nSPS) is 18.2. The molecule has 0 bridgehead atoms. The van der Waals surface area contributed by atoms with Gasteiger partial charge in [-0.15, -0.1) is 10.2 Å². The molecule has 6 nitrogen and oxygen atoms in total. The van der Waals surface area contributed by atoms with Gasteiger partial charge in [0.2, 0.25) is 10.1 Å². The second-order valence-corrected chi connectivity index (χ2v) is 5.33. The molecule has 0 saturated carbocycles. The molecule has 19 heavy (non-hydrogen) atoms. The minimum atomic E-state index is -4.50. The minimum Gasteiger partial charge on any atom is -0.480 e. The minimum absolute atomic E-state index is 0.156. The Morgan fingerprint density at radius 3 is 2.63 bits per heavy atom. The number of alkyl halides is 3. The molecule has 1 N–H and O–H groups in total. The summed E-state index contributed by atoms with van der Waals surface area (Å²) in [7, 11) is 0. The molecule has 0 spiro atoms. The van der Waals surface area contributed by atoms with Crippen LogP contribution >= 0.6 is 11.3 Å². The van der Waals surface area contributed by atoms with Crippen LogP contribution < -0.4 is 4.90 Å². The maximum atomic E-state index is 12.3. The lowest BCUT2D eigenvalue weighted by atomic mass is 9.97. The summed E-state index contributed by atoms with van der Waals surface area (Å²) in [5.41, 5.74) is -0.678. The second-order valence-electron chi connectivity index (χ2n) is 4.38. The van der Waals surface area contributed by atoms with E-state index in [1.165, 1.54) is 0 Å². The fourth-order valence-electron chi connectivity index (χ4n) is 1.68. The van der Waals surface area contributed by atoms with Gasteiger partial charge >= 0.3 is 12.1 Å². The van der Waals surface area contributed by atoms with E-state index in [-0.39, 0.29) is 18.2 Å². The molecule has 0 aromatic carbocycles. The summed E-state index contributed by atoms with van der Waals surface area (Å²) in [6.45, 7) is 1.83. The van der Waals surface area contributed by atoms with Crippen molar-refractivity contribution in [3.63, 3.8) is 0 Å². The molecule has 0 atom stereocenters. The van der Waals surface area contributed by atoms with Gasteiger partial charge in [-0.1, -0.05) is 11.3 Å². The third-order valence-electron chi connectivity index (χ3n) is 2.52. The second kappa shape index (κ2) is 4.60. The number of nitrogens with zero attached hydrogens (tertiary/aromatic N) is 3. The maximum Gasteiger partial charge on any atom is 0.445 e. The Morgan fingerprint density at radius 2 is 2.16 bits per heavy atom. The van der Waals surface area contributed by atoms with Gasteiger partial charge in [-0.2, -0.15) is 13.2 Å². The van der Waals surface area contributed by atoms with Crippen LogP contribution in [0, 0.1) is 0 Å². The quantitative estimate of drug-likeness (QED) is 0.901. The Kier molecular flexibility index (Phi) is 3.39. The van der Waals surface area contributed by atoms with E-state index in [1.54, 1.807) is 11.8 Å². The first kappa shape index (κ1) is 14.0. The summed E-state index contributed by atoms with van der Waals surface area (Å²) in [5.74, 6) is -1.09. The molecule has 1 aromatic rings. The summed E-state index contributed by atoms with van der Waals surface area (Å²) in [5, 5.41) is 14.2. The molecule has 10 heteroatoms. The smallest absolute Gasteiger partial charge is 0.445 e. The number of halogens is 3. The van der Waals surface area contributed by atoms with Gasteiger partial charge in [0, 0.05) is 0 Å². The van der Waals surface area contributed by atoms with Gasteiger partial charge in [0.1, 0.15) is 12.2 Å². The Labute approximate surface area is 109 Å². The molecule has 0 amide bonds. The molecule has 0 unspecified atom stereocenters. The van der Waals surface area contributed by atoms with Gasteiger partial charge in [0.15, 0.2) is 0 Å². The van der Waals surface area contributed by atoms with Crippen LogP contribution in [0.3, 0.4) is 0 Å². The summed E-state index contributed by atoms with van der Waals surface area (Å²) < 4.78 is 42.2. The van der Waals surface area contributed by atoms with Crippen molar-refractivity contribution in [1.29, 1.82) is 0 Å². The average Bonchev–Trinajstić information content (AvgIpc) is 2.70. The topological polar surface area (TPSA) is 75.6 Å². The fraction of sp³-hybridized carbons (Fsp3) is 0.667. The highest BCUT2D eigenvalue weighted by atomic mass is 32.1. The van der Waals surface area contributed by atoms with Crippen molar-refractivity contribution in [3.8, 4) is 0 Å². The Bertz CT molecular complexity index is 485. The van der Waals surface area contributed by atoms with E-state index in [4.69, 9.17) is 9.84 Å². The number of ether oxygens (including phenoxy) is 1. The Hall–Kier alpha value is -1.42. The van der Waals surface area contributed by atoms with Gasteiger partial charge in [0.05, 0.1) is 13.1 Å². The van der Waals surface area contributed by atoms with E-state index >= 15 is 0 Å². The average molecular weight is 297 g/mol. The number of hydrogen-bond acceptors (Lipinski definition) is 6. The molecular weight excluding hydrogens is 287 g/mol. The van der Waals surface area contributed by atoms with Crippen LogP contribution in [-0.4, -0.2) is 46.6 Å². The lowest BCUT2D eigenvalue weighted by Gasteiger charge is -2.46. The number of carboxylic acids is 1. The van der Waals surface area contributed by atoms with Crippen LogP contribution in [0.2, 0.25) is 0 Å². The zero-order valence-electron chi connectivity index (χ0n) is 9.77. The van der Waals surface area contributed by atoms with Gasteiger partial charge < -0.3 is 14.7 Å². The molecule has 1 fully saturated rings. The predicted octanol–water partition coefficient (Wildman–Crippen LogP) is 1.24. The largest absolute Gasteiger partial charge is 0.480 e. The Morgan fingerprint density at radius 1 is 1.53 bits per heavy atom. The number of carboxylic acid groups (broad SMARTS) is 1. The van der Waals surface area contributed by atoms with Crippen molar-refractivity contribution < 1.29 is 27.8 Å². The highest BCUT2D eigenvalue weighted by Gasteiger charge is 2.43. The summed E-state index contributed by atoms with van der Waals surface area (Å²) in [4.78, 5) is 11.9. The summed E-state index contributed by atoms with van der Waals surface area (Å²) in [6, 6.07) is 0. The van der Waals surface area contributed by atoms with Crippen LogP contribution in [0.4, 0.5) is 18.3 Å². The predicted molar refractivity (Wildman–Crippen MR) is 59.1 cm³/mol. The van der Waals surface area contributed by atoms with Gasteiger partial charge in [-0.25, -0.2) is 4.79 Å². The lowest BCUT2D eigenvalue weighted by Crippen LogP contribution is -2.62. The first-order chi connectivity index (χ1) is 8.70. The van der Waals surface area contributed by atoms with Gasteiger partial charge in [-0.05, 0) is 6.92 Å². The number of anilines is 1. The fourth-order valence-corrected chi connectivity index (χ4v) is 2.39. The van der Waals surface area contributed by atoms with Crippen molar-refractivity contribution in [2.75, 3.05) is 24.6 Å². The number of rotatable bonds is 4. The van der Waals surface area contributed by atoms with Crippen LogP contribution in [0.15, 0.2) is 0 Å². The first-order valence-electron chi connectivity index (χ1n) is 5.21. The molecule has 0 radical (unpaired) electrons. The highest BCUT2D eigenvalue weighted by molar-refractivity contribution is 7.15. The molecule has 2 heterocycles. The standard InChI is InChI=1S/C9H10F3N3O3S/c1-8(18-2-5(16)17)3-15(4-8)7-14-13-6(19-7)9(10,11)12/h2-4H2,1H3,(H,16,17). The van der Waals surface area contributed by atoms with Crippen LogP contribution in [0.25, 0.3) is 0 Å². The maximum absolute atomic E-state index is 12.3. The van der Waals surface area contributed by atoms with Crippen LogP contribution in [0.1, 0.15) is 11.9 Å². The van der Waals surface area contributed by atoms with Crippen molar-refractivity contribution in [2.45, 2.75) is 18.7 Å². The highest BCUT2D eigenvalue weighted by Crippen LogP contribution is 2.37. The molecule has 1 saturated heterocycles. The molecule has 106 valence electrons. The van der Waals surface area contributed by atoms with Crippen molar-refractivity contribution >= 4 is 22.4 Å². The van der Waals surface area contributed by atoms with Crippen molar-refractivity contribution in [1.82, 2.24) is 10.2 Å². The first-order valence-corrected chi connectivity index (χ1v) is 6.03. The molecule has 0 aliphatic carbocycles. The third kappa shape index (κ3) is 3.13. The van der Waals surface area contributed by atoms with Crippen LogP contribution in [0.5, 0.6) is 0 Å². The van der Waals surface area contributed by atoms with Gasteiger partial charge in [0.25, 0.3) is 0 Å². The Balaban J connectivity index is 1.93. The van der Waals surface area contributed by atoms with Crippen molar-refractivity contribution in [2.24, 2.45) is 0 Å². The zero-order chi connectivity index (χ0) is 14.3. The number of aromatic nitrogens is 2. The van der Waals surface area contributed by atoms with Gasteiger partial charge in [-0.3, -0.25) is 0 Å². The summed E-state index contributed by atoms with van der Waals surface area (Å²) in [6.07, 6.45) is -4.50. The summed E-state index contributed by atoms with van der Waals surface area (Å²) >= 11 is 0.456. The van der Waals surface area contributed by atoms with Crippen molar-refractivity contribution in [3.05, 3.63) is 5.01 Å². The molecule has 1 aliphatic rings. The van der Waals surface area contributed by atoms with E-state index in [1.807, 2.05) is 0 Å². The molecule has 1 aliphatic heterocycles. The van der Waals surface area contributed by atoms with E-state index in [0.29, 0.717) is 11.3 Å². The number of hydrogen-bond donors (Lipinski definition) is 1. The monoisotopic (exact) mass is 297 g/mol. The third-order valence-corrected chi connectivity index (χ3v) is 3.55. The zero-order valence-corrected chi connectivity index (χ0v) is 10.6. The van der Waals surface area contributed by atoms with E-state index < -0.39 is 29.4 Å². The lowest BCUT2D eigenvalue weighted by molar-refractivity contribution is -0.150. The number of aliphatic carboxylic acids is 1. The SMILES string of the molecule is CC1(OCC(=O)O)CN(c2nnc(C(F)(F)F)s2)C1. The van der Waals surface area contributed by atoms with E-state index in [9.17, 15) is 18.0 Å². The van der Waals surface area contributed by atoms with E-state index in [2.05, 4.69) is 10.2 Å². The molecule has 2 rings (SSSR count). The molecular formula is C9H10F3N3O3S. The molecule has 1 aromatic heterocycles. The van der Waals surface area contributed by atoms with E-state index in [0.717, 1.165) is 0 Å². The van der Waals surface area contributed by atoms with Crippen LogP contribution in [-0.2, 0) is 15.7 Å². The number of carbonyl (C=O) groups is 1.